The van der Waals surface area contributed by atoms with Gasteiger partial charge in [-0.3, -0.25) is 19.2 Å². The molecule has 0 fully saturated rings. The lowest BCUT2D eigenvalue weighted by molar-refractivity contribution is -0.151. The van der Waals surface area contributed by atoms with Gasteiger partial charge in [0.2, 0.25) is 0 Å². The van der Waals surface area contributed by atoms with Crippen LogP contribution in [0.4, 0.5) is 26.3 Å². The molecule has 0 aliphatic rings. The van der Waals surface area contributed by atoms with Gasteiger partial charge in [-0.15, -0.1) is 0 Å². The molecule has 0 aliphatic carbocycles. The Hall–Kier alpha value is -2.54. The van der Waals surface area contributed by atoms with E-state index in [2.05, 4.69) is 0 Å². The first kappa shape index (κ1) is 24.5. The Labute approximate surface area is 149 Å². The Balaban J connectivity index is 4.29. The Kier molecular flexibility index (Phi) is 9.03. The number of carbonyl (C=O) groups excluding carboxylic acids is 4. The molecule has 2 N–H and O–H groups in total. The first-order chi connectivity index (χ1) is 12.1. The monoisotopic (exact) mass is 408 g/mol. The van der Waals surface area contributed by atoms with Crippen LogP contribution in [0, 0.1) is 0 Å². The fraction of sp³-hybridized carbons (Fsp3) is 0.692. The molecule has 8 nitrogen and oxygen atoms in total. The third kappa shape index (κ3) is 10.9. The molecule has 0 rings (SSSR count). The van der Waals surface area contributed by atoms with Gasteiger partial charge in [0, 0.05) is 27.2 Å². The maximum absolute atomic E-state index is 12.0. The van der Waals surface area contributed by atoms with Crippen molar-refractivity contribution in [1.29, 1.82) is 0 Å². The maximum Gasteiger partial charge on any atom is 0.405 e. The molecule has 0 aromatic rings. The molecule has 0 heterocycles. The second-order valence-corrected chi connectivity index (χ2v) is 5.40. The molecule has 0 aliphatic heterocycles. The minimum Gasteiger partial charge on any atom is -0.339 e. The van der Waals surface area contributed by atoms with Gasteiger partial charge in [0.05, 0.1) is 0 Å². The normalized spacial score (nSPS) is 11.6. The van der Waals surface area contributed by atoms with E-state index in [0.717, 1.165) is 23.9 Å². The second-order valence-electron chi connectivity index (χ2n) is 5.40. The molecule has 0 spiro atoms. The quantitative estimate of drug-likeness (QED) is 0.464. The molecule has 0 bridgehead atoms. The Morgan fingerprint density at radius 3 is 1.26 bits per heavy atom. The SMILES string of the molecule is CN(CCCN(C)C(=O)C(=O)NCC(F)(F)F)C(=O)C(=O)NCC(F)(F)F. The van der Waals surface area contributed by atoms with E-state index in [1.165, 1.54) is 10.6 Å². The zero-order valence-electron chi connectivity index (χ0n) is 14.3. The van der Waals surface area contributed by atoms with Gasteiger partial charge in [-0.25, -0.2) is 0 Å². The maximum atomic E-state index is 12.0. The summed E-state index contributed by atoms with van der Waals surface area (Å²) in [7, 11) is 2.26. The van der Waals surface area contributed by atoms with E-state index >= 15 is 0 Å². The number of likely N-dealkylation sites (N-methyl/N-ethyl adjacent to an activating group) is 2. The zero-order chi connectivity index (χ0) is 21.4. The number of nitrogens with one attached hydrogen (secondary N) is 2. The average Bonchev–Trinajstić information content (AvgIpc) is 2.54. The number of hydrogen-bond donors (Lipinski definition) is 2. The fourth-order valence-corrected chi connectivity index (χ4v) is 1.61. The van der Waals surface area contributed by atoms with Crippen LogP contribution in [-0.2, 0) is 19.2 Å². The van der Waals surface area contributed by atoms with Crippen LogP contribution in [0.5, 0.6) is 0 Å². The lowest BCUT2D eigenvalue weighted by Gasteiger charge is -2.20. The average molecular weight is 408 g/mol. The van der Waals surface area contributed by atoms with Crippen molar-refractivity contribution in [3.63, 3.8) is 0 Å². The van der Waals surface area contributed by atoms with Crippen LogP contribution < -0.4 is 10.6 Å². The molecule has 0 unspecified atom stereocenters. The summed E-state index contributed by atoms with van der Waals surface area (Å²) in [6, 6.07) is 0. The molecule has 4 amide bonds. The van der Waals surface area contributed by atoms with Crippen LogP contribution in [0.1, 0.15) is 6.42 Å². The van der Waals surface area contributed by atoms with E-state index in [4.69, 9.17) is 0 Å². The van der Waals surface area contributed by atoms with Crippen molar-refractivity contribution in [3.05, 3.63) is 0 Å². The van der Waals surface area contributed by atoms with E-state index in [9.17, 15) is 45.5 Å². The van der Waals surface area contributed by atoms with Crippen LogP contribution >= 0.6 is 0 Å². The van der Waals surface area contributed by atoms with E-state index in [-0.39, 0.29) is 19.5 Å². The molecule has 0 atom stereocenters. The highest BCUT2D eigenvalue weighted by atomic mass is 19.4. The molecule has 27 heavy (non-hydrogen) atoms. The predicted molar refractivity (Wildman–Crippen MR) is 78.0 cm³/mol. The highest BCUT2D eigenvalue weighted by Gasteiger charge is 2.31. The van der Waals surface area contributed by atoms with E-state index in [1.807, 2.05) is 0 Å². The smallest absolute Gasteiger partial charge is 0.339 e. The van der Waals surface area contributed by atoms with Crippen LogP contribution in [0.3, 0.4) is 0 Å². The number of amides is 4. The predicted octanol–water partition coefficient (Wildman–Crippen LogP) is -0.350. The third-order valence-corrected chi connectivity index (χ3v) is 2.97. The summed E-state index contributed by atoms with van der Waals surface area (Å²) in [5, 5.41) is 2.79. The fourth-order valence-electron chi connectivity index (χ4n) is 1.61. The van der Waals surface area contributed by atoms with Gasteiger partial charge in [-0.1, -0.05) is 0 Å². The molecule has 14 heteroatoms. The molecule has 0 aromatic heterocycles. The number of alkyl halides is 6. The van der Waals surface area contributed by atoms with Crippen LogP contribution in [0.25, 0.3) is 0 Å². The molecule has 0 saturated carbocycles. The van der Waals surface area contributed by atoms with Gasteiger partial charge in [0.1, 0.15) is 13.1 Å². The summed E-state index contributed by atoms with van der Waals surface area (Å²) >= 11 is 0. The third-order valence-electron chi connectivity index (χ3n) is 2.97. The van der Waals surface area contributed by atoms with Crippen LogP contribution in [0.15, 0.2) is 0 Å². The lowest BCUT2D eigenvalue weighted by atomic mass is 10.3. The Morgan fingerprint density at radius 1 is 0.704 bits per heavy atom. The summed E-state index contributed by atoms with van der Waals surface area (Å²) in [5.41, 5.74) is 0. The largest absolute Gasteiger partial charge is 0.405 e. The summed E-state index contributed by atoms with van der Waals surface area (Å²) in [6.07, 6.45) is -9.34. The number of hydrogen-bond acceptors (Lipinski definition) is 4. The minimum absolute atomic E-state index is 0.0174. The van der Waals surface area contributed by atoms with E-state index in [1.54, 1.807) is 0 Å². The standard InChI is InChI=1S/C13H18F6N4O4/c1-22(10(26)8(24)20-6-12(14,15)16)4-3-5-23(2)11(27)9(25)21-7-13(17,18)19/h3-7H2,1-2H3,(H,20,24)(H,21,25). The van der Waals surface area contributed by atoms with Crippen molar-refractivity contribution < 1.29 is 45.5 Å². The molecule has 0 saturated heterocycles. The molecular formula is C13H18F6N4O4. The summed E-state index contributed by atoms with van der Waals surface area (Å²) in [5.74, 6) is -5.41. The van der Waals surface area contributed by atoms with Gasteiger partial charge in [-0.05, 0) is 6.42 Å². The van der Waals surface area contributed by atoms with Crippen molar-refractivity contribution in [2.75, 3.05) is 40.3 Å². The van der Waals surface area contributed by atoms with Crippen LogP contribution in [-0.4, -0.2) is 86.1 Å². The summed E-state index contributed by atoms with van der Waals surface area (Å²) in [4.78, 5) is 47.2. The van der Waals surface area contributed by atoms with Crippen molar-refractivity contribution in [3.8, 4) is 0 Å². The number of halogens is 6. The van der Waals surface area contributed by atoms with Gasteiger partial charge in [0.25, 0.3) is 0 Å². The number of rotatable bonds is 6. The van der Waals surface area contributed by atoms with Crippen molar-refractivity contribution in [2.24, 2.45) is 0 Å². The molecular weight excluding hydrogens is 390 g/mol. The first-order valence-electron chi connectivity index (χ1n) is 7.34. The number of carbonyl (C=O) groups is 4. The van der Waals surface area contributed by atoms with Gasteiger partial charge in [0.15, 0.2) is 0 Å². The summed E-state index contributed by atoms with van der Waals surface area (Å²) in [6.45, 7) is -3.65. The Bertz CT molecular complexity index is 516. The highest BCUT2D eigenvalue weighted by molar-refractivity contribution is 6.35. The van der Waals surface area contributed by atoms with Gasteiger partial charge in [-0.2, -0.15) is 26.3 Å². The minimum atomic E-state index is -4.68. The van der Waals surface area contributed by atoms with Crippen LogP contribution in [0.2, 0.25) is 0 Å². The topological polar surface area (TPSA) is 98.8 Å². The van der Waals surface area contributed by atoms with Crippen molar-refractivity contribution >= 4 is 23.6 Å². The van der Waals surface area contributed by atoms with Gasteiger partial charge < -0.3 is 20.4 Å². The summed E-state index contributed by atoms with van der Waals surface area (Å²) < 4.78 is 71.8. The van der Waals surface area contributed by atoms with Crippen molar-refractivity contribution in [2.45, 2.75) is 18.8 Å². The molecule has 0 radical (unpaired) electrons. The molecule has 156 valence electrons. The zero-order valence-corrected chi connectivity index (χ0v) is 14.3. The highest BCUT2D eigenvalue weighted by Crippen LogP contribution is 2.12. The first-order valence-corrected chi connectivity index (χ1v) is 7.34. The number of nitrogens with zero attached hydrogens (tertiary/aromatic N) is 2. The van der Waals surface area contributed by atoms with E-state index < -0.39 is 49.1 Å². The molecule has 0 aromatic carbocycles. The van der Waals surface area contributed by atoms with Crippen molar-refractivity contribution in [1.82, 2.24) is 20.4 Å². The van der Waals surface area contributed by atoms with Gasteiger partial charge >= 0.3 is 36.0 Å². The second kappa shape index (κ2) is 9.97. The van der Waals surface area contributed by atoms with E-state index in [0.29, 0.717) is 0 Å². The lowest BCUT2D eigenvalue weighted by Crippen LogP contribution is -2.46. The Morgan fingerprint density at radius 2 is 1.00 bits per heavy atom.